The molecule has 0 fully saturated rings. The Morgan fingerprint density at radius 2 is 1.72 bits per heavy atom. The van der Waals surface area contributed by atoms with Crippen LogP contribution < -0.4 is 10.1 Å². The first-order valence-corrected chi connectivity index (χ1v) is 12.2. The van der Waals surface area contributed by atoms with E-state index in [4.69, 9.17) is 14.2 Å². The van der Waals surface area contributed by atoms with E-state index >= 15 is 0 Å². The number of benzene rings is 1. The maximum Gasteiger partial charge on any atom is 0.431 e. The standard InChI is InChI=1S/C23H26BrF3N2O7/c1-4-34-21(30)17-13(3)28-20(23(25,26)27)19(22(31)35-5-2)18(17)15-12-14(29(32)33)8-9-16(15)36-11-7-6-10-24/h8-9,12,18,28H,4-7,10-11H2,1-3H3. The van der Waals surface area contributed by atoms with E-state index < -0.39 is 45.9 Å². The number of halogens is 4. The van der Waals surface area contributed by atoms with Gasteiger partial charge in [0.1, 0.15) is 11.4 Å². The number of alkyl halides is 4. The number of nitro groups is 1. The van der Waals surface area contributed by atoms with E-state index in [9.17, 15) is 32.9 Å². The van der Waals surface area contributed by atoms with Gasteiger partial charge in [0.15, 0.2) is 0 Å². The summed E-state index contributed by atoms with van der Waals surface area (Å²) in [4.78, 5) is 36.7. The van der Waals surface area contributed by atoms with Gasteiger partial charge in [-0.1, -0.05) is 15.9 Å². The molecular weight excluding hydrogens is 553 g/mol. The van der Waals surface area contributed by atoms with Crippen LogP contribution in [0.5, 0.6) is 5.75 Å². The molecule has 0 radical (unpaired) electrons. The molecule has 1 heterocycles. The van der Waals surface area contributed by atoms with Crippen LogP contribution in [0, 0.1) is 10.1 Å². The molecule has 1 aromatic rings. The van der Waals surface area contributed by atoms with Crippen LogP contribution >= 0.6 is 15.9 Å². The molecule has 0 saturated carbocycles. The molecule has 1 unspecified atom stereocenters. The smallest absolute Gasteiger partial charge is 0.431 e. The summed E-state index contributed by atoms with van der Waals surface area (Å²) >= 11 is 3.29. The van der Waals surface area contributed by atoms with Crippen molar-refractivity contribution in [2.45, 2.75) is 45.7 Å². The third kappa shape index (κ3) is 6.77. The number of dihydropyridines is 1. The number of non-ortho nitro benzene ring substituents is 1. The van der Waals surface area contributed by atoms with E-state index in [-0.39, 0.29) is 42.4 Å². The minimum atomic E-state index is -5.04. The molecule has 0 amide bonds. The fourth-order valence-electron chi connectivity index (χ4n) is 3.66. The molecule has 198 valence electrons. The zero-order valence-corrected chi connectivity index (χ0v) is 21.5. The molecule has 36 heavy (non-hydrogen) atoms. The van der Waals surface area contributed by atoms with Crippen LogP contribution in [0.1, 0.15) is 45.1 Å². The number of hydrogen-bond acceptors (Lipinski definition) is 8. The molecule has 1 aliphatic rings. The van der Waals surface area contributed by atoms with Crippen molar-refractivity contribution in [2.75, 3.05) is 25.2 Å². The number of carbonyl (C=O) groups excluding carboxylic acids is 2. The predicted octanol–water partition coefficient (Wildman–Crippen LogP) is 5.05. The van der Waals surface area contributed by atoms with Crippen molar-refractivity contribution in [1.82, 2.24) is 5.32 Å². The molecule has 0 saturated heterocycles. The highest BCUT2D eigenvalue weighted by atomic mass is 79.9. The average molecular weight is 579 g/mol. The van der Waals surface area contributed by atoms with E-state index in [1.54, 1.807) is 0 Å². The number of nitro benzene ring substituents is 1. The van der Waals surface area contributed by atoms with Crippen LogP contribution in [-0.4, -0.2) is 48.2 Å². The van der Waals surface area contributed by atoms with Crippen molar-refractivity contribution in [3.63, 3.8) is 0 Å². The minimum absolute atomic E-state index is 0.0139. The lowest BCUT2D eigenvalue weighted by Gasteiger charge is -2.32. The molecule has 1 aliphatic heterocycles. The molecule has 1 atom stereocenters. The van der Waals surface area contributed by atoms with Crippen molar-refractivity contribution < 1.29 is 41.9 Å². The maximum atomic E-state index is 14.1. The molecule has 9 nitrogen and oxygen atoms in total. The van der Waals surface area contributed by atoms with Crippen LogP contribution in [-0.2, 0) is 19.1 Å². The average Bonchev–Trinajstić information content (AvgIpc) is 2.80. The highest BCUT2D eigenvalue weighted by Crippen LogP contribution is 2.46. The molecule has 0 spiro atoms. The molecule has 2 rings (SSSR count). The van der Waals surface area contributed by atoms with Crippen molar-refractivity contribution in [3.8, 4) is 5.75 Å². The summed E-state index contributed by atoms with van der Waals surface area (Å²) in [6.45, 7) is 3.94. The van der Waals surface area contributed by atoms with Crippen molar-refractivity contribution in [1.29, 1.82) is 0 Å². The number of carbonyl (C=O) groups is 2. The molecule has 1 aromatic carbocycles. The Balaban J connectivity index is 2.89. The highest BCUT2D eigenvalue weighted by Gasteiger charge is 2.48. The van der Waals surface area contributed by atoms with Gasteiger partial charge in [-0.15, -0.1) is 0 Å². The number of ether oxygens (including phenoxy) is 3. The van der Waals surface area contributed by atoms with Gasteiger partial charge in [0.25, 0.3) is 5.69 Å². The quantitative estimate of drug-likeness (QED) is 0.127. The van der Waals surface area contributed by atoms with Gasteiger partial charge in [-0.05, 0) is 39.7 Å². The van der Waals surface area contributed by atoms with E-state index in [0.29, 0.717) is 11.8 Å². The summed E-state index contributed by atoms with van der Waals surface area (Å²) in [6, 6.07) is 3.36. The highest BCUT2D eigenvalue weighted by molar-refractivity contribution is 9.09. The Kier molecular flexibility index (Phi) is 10.3. The van der Waals surface area contributed by atoms with Crippen LogP contribution in [0.25, 0.3) is 0 Å². The lowest BCUT2D eigenvalue weighted by atomic mass is 9.79. The minimum Gasteiger partial charge on any atom is -0.493 e. The van der Waals surface area contributed by atoms with Gasteiger partial charge in [0, 0.05) is 28.7 Å². The van der Waals surface area contributed by atoms with Crippen LogP contribution in [0.4, 0.5) is 18.9 Å². The van der Waals surface area contributed by atoms with Crippen molar-refractivity contribution in [2.24, 2.45) is 0 Å². The first-order valence-electron chi connectivity index (χ1n) is 11.1. The molecule has 1 N–H and O–H groups in total. The lowest BCUT2D eigenvalue weighted by molar-refractivity contribution is -0.384. The van der Waals surface area contributed by atoms with Crippen LogP contribution in [0.15, 0.2) is 40.7 Å². The van der Waals surface area contributed by atoms with E-state index in [0.717, 1.165) is 18.6 Å². The molecule has 0 aromatic heterocycles. The van der Waals surface area contributed by atoms with E-state index in [2.05, 4.69) is 21.2 Å². The Morgan fingerprint density at radius 1 is 1.11 bits per heavy atom. The molecule has 13 heteroatoms. The number of hydrogen-bond donors (Lipinski definition) is 1. The molecule has 0 bridgehead atoms. The maximum absolute atomic E-state index is 14.1. The number of unbranched alkanes of at least 4 members (excludes halogenated alkanes) is 1. The molecular formula is C23H26BrF3N2O7. The predicted molar refractivity (Wildman–Crippen MR) is 127 cm³/mol. The number of rotatable bonds is 11. The third-order valence-electron chi connectivity index (χ3n) is 5.14. The fourth-order valence-corrected chi connectivity index (χ4v) is 4.05. The first kappa shape index (κ1) is 29.1. The number of esters is 2. The fraction of sp³-hybridized carbons (Fsp3) is 0.478. The Bertz CT molecular complexity index is 1070. The van der Waals surface area contributed by atoms with Gasteiger partial charge in [0.2, 0.25) is 0 Å². The Hall–Kier alpha value is -3.09. The number of nitrogens with one attached hydrogen (secondary N) is 1. The zero-order valence-electron chi connectivity index (χ0n) is 19.9. The second kappa shape index (κ2) is 12.7. The monoisotopic (exact) mass is 578 g/mol. The summed E-state index contributed by atoms with van der Waals surface area (Å²) in [6.07, 6.45) is -3.74. The SMILES string of the molecule is CCOC(=O)C1=C(C)NC(C(F)(F)F)=C(C(=O)OCC)C1c1cc([N+](=O)[O-])ccc1OCCCCBr. The Morgan fingerprint density at radius 3 is 2.25 bits per heavy atom. The lowest BCUT2D eigenvalue weighted by Crippen LogP contribution is -2.38. The van der Waals surface area contributed by atoms with Gasteiger partial charge in [0.05, 0.1) is 41.8 Å². The summed E-state index contributed by atoms with van der Waals surface area (Å²) in [5.41, 5.74) is -3.54. The second-order valence-corrected chi connectivity index (χ2v) is 8.34. The molecule has 0 aliphatic carbocycles. The Labute approximate surface area is 213 Å². The number of allylic oxidation sites excluding steroid dienone is 2. The first-order chi connectivity index (χ1) is 17.0. The summed E-state index contributed by atoms with van der Waals surface area (Å²) in [7, 11) is 0. The zero-order chi connectivity index (χ0) is 27.0. The van der Waals surface area contributed by atoms with Gasteiger partial charge < -0.3 is 19.5 Å². The second-order valence-electron chi connectivity index (χ2n) is 7.55. The van der Waals surface area contributed by atoms with E-state index in [1.165, 1.54) is 26.8 Å². The summed E-state index contributed by atoms with van der Waals surface area (Å²) in [5.74, 6) is -4.06. The number of nitrogens with zero attached hydrogens (tertiary/aromatic N) is 1. The van der Waals surface area contributed by atoms with Gasteiger partial charge in [-0.25, -0.2) is 9.59 Å². The van der Waals surface area contributed by atoms with Crippen molar-refractivity contribution in [3.05, 3.63) is 56.4 Å². The summed E-state index contributed by atoms with van der Waals surface area (Å²) in [5, 5.41) is 14.3. The van der Waals surface area contributed by atoms with Crippen LogP contribution in [0.3, 0.4) is 0 Å². The van der Waals surface area contributed by atoms with Crippen molar-refractivity contribution >= 4 is 33.6 Å². The van der Waals surface area contributed by atoms with Gasteiger partial charge in [-0.3, -0.25) is 10.1 Å². The normalized spacial score (nSPS) is 15.9. The van der Waals surface area contributed by atoms with Crippen LogP contribution in [0.2, 0.25) is 0 Å². The topological polar surface area (TPSA) is 117 Å². The van der Waals surface area contributed by atoms with Gasteiger partial charge >= 0.3 is 18.1 Å². The third-order valence-corrected chi connectivity index (χ3v) is 5.70. The van der Waals surface area contributed by atoms with Gasteiger partial charge in [-0.2, -0.15) is 13.2 Å². The summed E-state index contributed by atoms with van der Waals surface area (Å²) < 4.78 is 58.1. The largest absolute Gasteiger partial charge is 0.493 e. The van der Waals surface area contributed by atoms with E-state index in [1.807, 2.05) is 0 Å².